The molecule has 0 aromatic heterocycles. The molecule has 3 aliphatic carbocycles. The highest BCUT2D eigenvalue weighted by Gasteiger charge is 2.63. The highest BCUT2D eigenvalue weighted by molar-refractivity contribution is 7.91. The van der Waals surface area contributed by atoms with Crippen LogP contribution in [0.25, 0.3) is 0 Å². The lowest BCUT2D eigenvalue weighted by Gasteiger charge is -2.18. The molecule has 3 nitrogen and oxygen atoms in total. The molecule has 0 heterocycles. The molecule has 0 aromatic carbocycles. The molecule has 1 N–H and O–H groups in total. The third-order valence-electron chi connectivity index (χ3n) is 4.78. The van der Waals surface area contributed by atoms with Crippen LogP contribution in [0.3, 0.4) is 0 Å². The van der Waals surface area contributed by atoms with Gasteiger partial charge in [-0.2, -0.15) is 0 Å². The van der Waals surface area contributed by atoms with Crippen molar-refractivity contribution in [3.63, 3.8) is 0 Å². The summed E-state index contributed by atoms with van der Waals surface area (Å²) in [5, 5.41) is 3.51. The summed E-state index contributed by atoms with van der Waals surface area (Å²) >= 11 is 0. The summed E-state index contributed by atoms with van der Waals surface area (Å²) in [6.07, 6.45) is 8.35. The van der Waals surface area contributed by atoms with E-state index in [-0.39, 0.29) is 10.7 Å². The highest BCUT2D eigenvalue weighted by atomic mass is 32.2. The third-order valence-corrected chi connectivity index (χ3v) is 6.52. The van der Waals surface area contributed by atoms with Gasteiger partial charge in [-0.15, -0.1) is 0 Å². The number of nitrogens with one attached hydrogen (secondary N) is 1. The van der Waals surface area contributed by atoms with Crippen molar-refractivity contribution in [3.8, 4) is 0 Å². The first-order chi connectivity index (χ1) is 7.52. The lowest BCUT2D eigenvalue weighted by atomic mass is 10.0. The zero-order valence-corrected chi connectivity index (χ0v) is 10.7. The minimum Gasteiger partial charge on any atom is -0.314 e. The molecule has 0 bridgehead atoms. The van der Waals surface area contributed by atoms with Crippen molar-refractivity contribution in [3.05, 3.63) is 0 Å². The lowest BCUT2D eigenvalue weighted by Crippen LogP contribution is -2.30. The molecule has 3 unspecified atom stereocenters. The molecular weight excluding hydrogens is 222 g/mol. The van der Waals surface area contributed by atoms with Gasteiger partial charge in [-0.25, -0.2) is 8.42 Å². The van der Waals surface area contributed by atoms with Crippen LogP contribution in [0.5, 0.6) is 0 Å². The minimum atomic E-state index is -2.83. The average molecular weight is 243 g/mol. The second-order valence-corrected chi connectivity index (χ2v) is 8.26. The van der Waals surface area contributed by atoms with Crippen molar-refractivity contribution >= 4 is 9.84 Å². The van der Waals surface area contributed by atoms with E-state index in [2.05, 4.69) is 5.32 Å². The SMILES string of the molecule is CS(=O)(=O)C1CCCC12CC2CNC1CC1. The smallest absolute Gasteiger partial charge is 0.150 e. The maximum Gasteiger partial charge on any atom is 0.150 e. The quantitative estimate of drug-likeness (QED) is 0.810. The Kier molecular flexibility index (Phi) is 2.38. The van der Waals surface area contributed by atoms with Crippen molar-refractivity contribution in [1.82, 2.24) is 5.32 Å². The van der Waals surface area contributed by atoms with E-state index in [1.54, 1.807) is 0 Å². The monoisotopic (exact) mass is 243 g/mol. The first-order valence-corrected chi connectivity index (χ1v) is 8.40. The predicted octanol–water partition coefficient (Wildman–Crippen LogP) is 1.34. The van der Waals surface area contributed by atoms with E-state index in [1.165, 1.54) is 19.1 Å². The topological polar surface area (TPSA) is 46.2 Å². The summed E-state index contributed by atoms with van der Waals surface area (Å²) in [4.78, 5) is 0. The van der Waals surface area contributed by atoms with Crippen molar-refractivity contribution in [2.24, 2.45) is 11.3 Å². The van der Waals surface area contributed by atoms with Crippen LogP contribution in [-0.4, -0.2) is 32.5 Å². The Balaban J connectivity index is 1.65. The van der Waals surface area contributed by atoms with Crippen LogP contribution in [0.4, 0.5) is 0 Å². The lowest BCUT2D eigenvalue weighted by molar-refractivity contribution is 0.444. The first kappa shape index (κ1) is 11.0. The van der Waals surface area contributed by atoms with Gasteiger partial charge in [-0.05, 0) is 50.0 Å². The Morgan fingerprint density at radius 1 is 1.31 bits per heavy atom. The van der Waals surface area contributed by atoms with E-state index < -0.39 is 9.84 Å². The molecule has 1 spiro atoms. The second-order valence-electron chi connectivity index (χ2n) is 6.03. The van der Waals surface area contributed by atoms with Gasteiger partial charge in [0.25, 0.3) is 0 Å². The number of hydrogen-bond donors (Lipinski definition) is 1. The summed E-state index contributed by atoms with van der Waals surface area (Å²) in [6, 6.07) is 0.746. The normalized spacial score (nSPS) is 42.8. The van der Waals surface area contributed by atoms with E-state index in [1.807, 2.05) is 0 Å². The average Bonchev–Trinajstić information content (AvgIpc) is 3.01. The van der Waals surface area contributed by atoms with Crippen molar-refractivity contribution < 1.29 is 8.42 Å². The first-order valence-electron chi connectivity index (χ1n) is 6.45. The van der Waals surface area contributed by atoms with Crippen LogP contribution < -0.4 is 5.32 Å². The minimum absolute atomic E-state index is 0.0361. The molecule has 0 amide bonds. The Labute approximate surface area is 97.9 Å². The molecule has 3 saturated carbocycles. The standard InChI is InChI=1S/C12H21NO2S/c1-16(14,15)11-3-2-6-12(11)7-9(12)8-13-10-4-5-10/h9-11,13H,2-8H2,1H3. The van der Waals surface area contributed by atoms with Gasteiger partial charge in [-0.3, -0.25) is 0 Å². The predicted molar refractivity (Wildman–Crippen MR) is 64.0 cm³/mol. The van der Waals surface area contributed by atoms with Gasteiger partial charge >= 0.3 is 0 Å². The molecule has 0 aliphatic heterocycles. The molecule has 92 valence electrons. The molecular formula is C12H21NO2S. The number of hydrogen-bond acceptors (Lipinski definition) is 3. The molecule has 0 radical (unpaired) electrons. The molecule has 0 aromatic rings. The van der Waals surface area contributed by atoms with E-state index in [4.69, 9.17) is 0 Å². The van der Waals surface area contributed by atoms with Crippen LogP contribution in [0.1, 0.15) is 38.5 Å². The van der Waals surface area contributed by atoms with Crippen molar-refractivity contribution in [2.75, 3.05) is 12.8 Å². The Bertz CT molecular complexity index is 388. The van der Waals surface area contributed by atoms with E-state index in [0.717, 1.165) is 38.3 Å². The van der Waals surface area contributed by atoms with Gasteiger partial charge in [0, 0.05) is 12.3 Å². The molecule has 3 fully saturated rings. The second kappa shape index (κ2) is 3.45. The van der Waals surface area contributed by atoms with Crippen molar-refractivity contribution in [2.45, 2.75) is 49.8 Å². The summed E-state index contributed by atoms with van der Waals surface area (Å²) in [6.45, 7) is 1.05. The highest BCUT2D eigenvalue weighted by Crippen LogP contribution is 2.64. The van der Waals surface area contributed by atoms with Crippen molar-refractivity contribution in [1.29, 1.82) is 0 Å². The van der Waals surface area contributed by atoms with Crippen LogP contribution in [-0.2, 0) is 9.84 Å². The molecule has 0 saturated heterocycles. The number of sulfone groups is 1. The Morgan fingerprint density at radius 3 is 2.69 bits per heavy atom. The molecule has 3 aliphatic rings. The maximum absolute atomic E-state index is 11.8. The van der Waals surface area contributed by atoms with E-state index >= 15 is 0 Å². The van der Waals surface area contributed by atoms with Crippen LogP contribution in [0.15, 0.2) is 0 Å². The zero-order valence-electron chi connectivity index (χ0n) is 9.91. The summed E-state index contributed by atoms with van der Waals surface area (Å²) in [5.41, 5.74) is 0.176. The largest absolute Gasteiger partial charge is 0.314 e. The summed E-state index contributed by atoms with van der Waals surface area (Å²) in [7, 11) is -2.83. The fraction of sp³-hybridized carbons (Fsp3) is 1.00. The van der Waals surface area contributed by atoms with Gasteiger partial charge in [0.15, 0.2) is 9.84 Å². The Morgan fingerprint density at radius 2 is 2.06 bits per heavy atom. The zero-order chi connectivity index (χ0) is 11.4. The van der Waals surface area contributed by atoms with E-state index in [9.17, 15) is 8.42 Å². The van der Waals surface area contributed by atoms with Crippen LogP contribution in [0, 0.1) is 11.3 Å². The van der Waals surface area contributed by atoms with E-state index in [0.29, 0.717) is 5.92 Å². The van der Waals surface area contributed by atoms with Gasteiger partial charge in [0.2, 0.25) is 0 Å². The maximum atomic E-state index is 11.8. The Hall–Kier alpha value is -0.0900. The third kappa shape index (κ3) is 1.80. The van der Waals surface area contributed by atoms with Gasteiger partial charge < -0.3 is 5.32 Å². The molecule has 4 heteroatoms. The number of rotatable bonds is 4. The fourth-order valence-corrected chi connectivity index (χ4v) is 5.53. The molecule has 3 rings (SSSR count). The molecule has 3 atom stereocenters. The van der Waals surface area contributed by atoms with Gasteiger partial charge in [0.05, 0.1) is 5.25 Å². The summed E-state index contributed by atoms with van der Waals surface area (Å²) in [5.74, 6) is 0.635. The van der Waals surface area contributed by atoms with Crippen LogP contribution >= 0.6 is 0 Å². The van der Waals surface area contributed by atoms with Gasteiger partial charge in [-0.1, -0.05) is 6.42 Å². The molecule has 16 heavy (non-hydrogen) atoms. The fourth-order valence-electron chi connectivity index (χ4n) is 3.68. The van der Waals surface area contributed by atoms with Gasteiger partial charge in [0.1, 0.15) is 0 Å². The summed E-state index contributed by atoms with van der Waals surface area (Å²) < 4.78 is 23.5. The van der Waals surface area contributed by atoms with Crippen LogP contribution in [0.2, 0.25) is 0 Å².